The van der Waals surface area contributed by atoms with Crippen LogP contribution in [0.4, 0.5) is 5.69 Å². The zero-order valence-electron chi connectivity index (χ0n) is 19.7. The van der Waals surface area contributed by atoms with Crippen molar-refractivity contribution in [1.82, 2.24) is 0 Å². The Morgan fingerprint density at radius 2 is 1.62 bits per heavy atom. The minimum absolute atomic E-state index is 0.130. The summed E-state index contributed by atoms with van der Waals surface area (Å²) < 4.78 is 5.19. The van der Waals surface area contributed by atoms with Crippen LogP contribution in [-0.2, 0) is 14.3 Å². The predicted octanol–water partition coefficient (Wildman–Crippen LogP) is 6.11. The van der Waals surface area contributed by atoms with Gasteiger partial charge < -0.3 is 4.74 Å². The van der Waals surface area contributed by atoms with Gasteiger partial charge in [-0.15, -0.1) is 0 Å². The summed E-state index contributed by atoms with van der Waals surface area (Å²) in [4.78, 5) is 52.9. The molecule has 0 bridgehead atoms. The van der Waals surface area contributed by atoms with E-state index in [4.69, 9.17) is 27.9 Å². The second-order valence-corrected chi connectivity index (χ2v) is 10.2. The number of ether oxygens (including phenoxy) is 1. The van der Waals surface area contributed by atoms with E-state index >= 15 is 0 Å². The van der Waals surface area contributed by atoms with Gasteiger partial charge in [0, 0.05) is 10.6 Å². The average Bonchev–Trinajstić information content (AvgIpc) is 3.16. The summed E-state index contributed by atoms with van der Waals surface area (Å²) in [5.74, 6) is -2.22. The maximum absolute atomic E-state index is 13.4. The third-order valence-electron chi connectivity index (χ3n) is 7.10. The molecule has 2 amide bonds. The van der Waals surface area contributed by atoms with E-state index in [0.29, 0.717) is 23.6 Å². The third-order valence-corrected chi connectivity index (χ3v) is 7.65. The van der Waals surface area contributed by atoms with Crippen LogP contribution in [0.2, 0.25) is 10.0 Å². The molecule has 0 spiro atoms. The van der Waals surface area contributed by atoms with Crippen LogP contribution in [0.3, 0.4) is 0 Å². The normalized spacial score (nSPS) is 21.0. The number of amides is 2. The zero-order chi connectivity index (χ0) is 26.1. The van der Waals surface area contributed by atoms with Gasteiger partial charge in [0.15, 0.2) is 6.61 Å². The Morgan fingerprint density at radius 1 is 0.865 bits per heavy atom. The van der Waals surface area contributed by atoms with E-state index in [1.165, 1.54) is 40.8 Å². The summed E-state index contributed by atoms with van der Waals surface area (Å²) in [6.07, 6.45) is 2.10. The van der Waals surface area contributed by atoms with Gasteiger partial charge in [-0.25, -0.2) is 4.79 Å². The number of rotatable bonds is 6. The molecule has 0 aromatic heterocycles. The van der Waals surface area contributed by atoms with E-state index in [9.17, 15) is 19.2 Å². The monoisotopic (exact) mass is 535 g/mol. The van der Waals surface area contributed by atoms with E-state index in [1.807, 2.05) is 18.2 Å². The van der Waals surface area contributed by atoms with Crippen molar-refractivity contribution in [2.24, 2.45) is 11.8 Å². The molecule has 1 saturated carbocycles. The number of imide groups is 1. The standard InChI is InChI=1S/C29H23Cl2NO5/c30-20-10-12-23(25(31)15-20)26(33)16-37-29(36)19-7-4-8-21(13-19)32-27(34)22-11-9-18(14-24(22)28(32)35)17-5-2-1-3-6-17/h1-8,10,12-13,15,18,22,24H,9,11,14,16H2/t18-,22-,24+/m0/s1. The second kappa shape index (κ2) is 10.5. The van der Waals surface area contributed by atoms with E-state index in [1.54, 1.807) is 12.1 Å². The Bertz CT molecular complexity index is 1390. The molecule has 37 heavy (non-hydrogen) atoms. The van der Waals surface area contributed by atoms with Crippen molar-refractivity contribution in [3.05, 3.63) is 99.5 Å². The fraction of sp³-hybridized carbons (Fsp3) is 0.241. The predicted molar refractivity (Wildman–Crippen MR) is 140 cm³/mol. The van der Waals surface area contributed by atoms with Crippen molar-refractivity contribution in [1.29, 1.82) is 0 Å². The largest absolute Gasteiger partial charge is 0.454 e. The van der Waals surface area contributed by atoms with Gasteiger partial charge in [0.1, 0.15) is 0 Å². The quantitative estimate of drug-likeness (QED) is 0.216. The molecule has 1 aliphatic carbocycles. The maximum Gasteiger partial charge on any atom is 0.338 e. The number of carbonyl (C=O) groups excluding carboxylic acids is 4. The SMILES string of the molecule is O=C(OCC(=O)c1ccc(Cl)cc1Cl)c1cccc(N2C(=O)[C@H]3CC[C@H](c4ccccc4)C[C@H]3C2=O)c1. The summed E-state index contributed by atoms with van der Waals surface area (Å²) in [6, 6.07) is 20.6. The molecule has 1 heterocycles. The molecule has 2 aliphatic rings. The van der Waals surface area contributed by atoms with Crippen LogP contribution in [0.15, 0.2) is 72.8 Å². The van der Waals surface area contributed by atoms with Crippen LogP contribution in [-0.4, -0.2) is 30.2 Å². The van der Waals surface area contributed by atoms with Crippen LogP contribution in [0.25, 0.3) is 0 Å². The van der Waals surface area contributed by atoms with Crippen molar-refractivity contribution in [3.63, 3.8) is 0 Å². The summed E-state index contributed by atoms with van der Waals surface area (Å²) in [5, 5.41) is 0.550. The topological polar surface area (TPSA) is 80.8 Å². The molecule has 3 aromatic rings. The first-order valence-electron chi connectivity index (χ1n) is 12.0. The smallest absolute Gasteiger partial charge is 0.338 e. The summed E-state index contributed by atoms with van der Waals surface area (Å²) in [6.45, 7) is -0.517. The summed E-state index contributed by atoms with van der Waals surface area (Å²) in [7, 11) is 0. The van der Waals surface area contributed by atoms with Gasteiger partial charge in [-0.05, 0) is 67.1 Å². The molecule has 2 fully saturated rings. The highest BCUT2D eigenvalue weighted by Crippen LogP contribution is 2.45. The van der Waals surface area contributed by atoms with Gasteiger partial charge in [0.05, 0.1) is 28.1 Å². The van der Waals surface area contributed by atoms with Crippen molar-refractivity contribution < 1.29 is 23.9 Å². The van der Waals surface area contributed by atoms with Gasteiger partial charge in [0.2, 0.25) is 17.6 Å². The molecule has 0 radical (unpaired) electrons. The molecule has 8 heteroatoms. The van der Waals surface area contributed by atoms with Crippen molar-refractivity contribution in [3.8, 4) is 0 Å². The number of esters is 1. The second-order valence-electron chi connectivity index (χ2n) is 9.32. The molecule has 188 valence electrons. The summed E-state index contributed by atoms with van der Waals surface area (Å²) >= 11 is 11.9. The fourth-order valence-electron chi connectivity index (χ4n) is 5.24. The number of benzene rings is 3. The summed E-state index contributed by atoms with van der Waals surface area (Å²) in [5.41, 5.74) is 1.82. The minimum atomic E-state index is -0.749. The number of hydrogen-bond donors (Lipinski definition) is 0. The van der Waals surface area contributed by atoms with Gasteiger partial charge in [-0.2, -0.15) is 0 Å². The first-order valence-corrected chi connectivity index (χ1v) is 12.8. The van der Waals surface area contributed by atoms with Crippen LogP contribution in [0.1, 0.15) is 51.5 Å². The molecule has 0 N–H and O–H groups in total. The van der Waals surface area contributed by atoms with Crippen LogP contribution in [0.5, 0.6) is 0 Å². The highest BCUT2D eigenvalue weighted by Gasteiger charge is 2.50. The molecule has 1 saturated heterocycles. The molecule has 6 nitrogen and oxygen atoms in total. The van der Waals surface area contributed by atoms with Gasteiger partial charge in [-0.3, -0.25) is 19.3 Å². The first-order chi connectivity index (χ1) is 17.8. The van der Waals surface area contributed by atoms with Crippen molar-refractivity contribution in [2.75, 3.05) is 11.5 Å². The van der Waals surface area contributed by atoms with Crippen LogP contribution < -0.4 is 4.90 Å². The molecule has 3 atom stereocenters. The number of Topliss-reactive ketones (excluding diaryl/α,β-unsaturated/α-hetero) is 1. The first kappa shape index (κ1) is 25.2. The lowest BCUT2D eigenvalue weighted by molar-refractivity contribution is -0.122. The molecular formula is C29H23Cl2NO5. The number of nitrogens with zero attached hydrogens (tertiary/aromatic N) is 1. The number of fused-ring (bicyclic) bond motifs is 1. The maximum atomic E-state index is 13.4. The third kappa shape index (κ3) is 5.04. The van der Waals surface area contributed by atoms with E-state index < -0.39 is 18.4 Å². The van der Waals surface area contributed by atoms with Crippen molar-refractivity contribution >= 4 is 52.5 Å². The number of halogens is 2. The Kier molecular flexibility index (Phi) is 7.13. The Balaban J connectivity index is 1.28. The van der Waals surface area contributed by atoms with Crippen molar-refractivity contribution in [2.45, 2.75) is 25.2 Å². The van der Waals surface area contributed by atoms with Gasteiger partial charge in [-0.1, -0.05) is 59.6 Å². The van der Waals surface area contributed by atoms with Crippen LogP contribution >= 0.6 is 23.2 Å². The minimum Gasteiger partial charge on any atom is -0.454 e. The highest BCUT2D eigenvalue weighted by atomic mass is 35.5. The Labute approximate surface area is 224 Å². The number of carbonyl (C=O) groups is 4. The zero-order valence-corrected chi connectivity index (χ0v) is 21.2. The van der Waals surface area contributed by atoms with Gasteiger partial charge >= 0.3 is 5.97 Å². The van der Waals surface area contributed by atoms with Gasteiger partial charge in [0.25, 0.3) is 0 Å². The number of ketones is 1. The lowest BCUT2D eigenvalue weighted by Crippen LogP contribution is -2.31. The fourth-order valence-corrected chi connectivity index (χ4v) is 5.76. The molecule has 1 aliphatic heterocycles. The molecule has 5 rings (SSSR count). The molecule has 0 unspecified atom stereocenters. The average molecular weight is 536 g/mol. The molecule has 3 aromatic carbocycles. The lowest BCUT2D eigenvalue weighted by Gasteiger charge is -2.28. The highest BCUT2D eigenvalue weighted by molar-refractivity contribution is 6.36. The Morgan fingerprint density at radius 3 is 2.38 bits per heavy atom. The number of anilines is 1. The van der Waals surface area contributed by atoms with E-state index in [-0.39, 0.29) is 45.7 Å². The van der Waals surface area contributed by atoms with Crippen LogP contribution in [0, 0.1) is 11.8 Å². The van der Waals surface area contributed by atoms with E-state index in [0.717, 1.165) is 6.42 Å². The molecular weight excluding hydrogens is 513 g/mol. The van der Waals surface area contributed by atoms with E-state index in [2.05, 4.69) is 12.1 Å². The Hall–Kier alpha value is -3.48. The lowest BCUT2D eigenvalue weighted by atomic mass is 9.73. The number of hydrogen-bond acceptors (Lipinski definition) is 5.